The second-order valence-electron chi connectivity index (χ2n) is 8.08. The van der Waals surface area contributed by atoms with Crippen molar-refractivity contribution in [3.63, 3.8) is 0 Å². The van der Waals surface area contributed by atoms with E-state index in [0.717, 1.165) is 38.7 Å². The standard InChI is InChI=1S/C28H26N2O3/c1-4-21-26-23-15-20(33-17-19-11-8-10-18-9-6-7-12-22(18)19)13-14-24(23)30(3)25(26)16-29-27(21)28(31)32-5-2/h6-16H,4-5,17H2,1-3H3. The summed E-state index contributed by atoms with van der Waals surface area (Å²) in [6, 6.07) is 20.7. The van der Waals surface area contributed by atoms with Gasteiger partial charge in [-0.2, -0.15) is 0 Å². The van der Waals surface area contributed by atoms with Crippen molar-refractivity contribution in [2.45, 2.75) is 26.9 Å². The third-order valence-electron chi connectivity index (χ3n) is 6.22. The van der Waals surface area contributed by atoms with E-state index >= 15 is 0 Å². The lowest BCUT2D eigenvalue weighted by atomic mass is 10.0. The summed E-state index contributed by atoms with van der Waals surface area (Å²) in [5.41, 5.74) is 4.50. The van der Waals surface area contributed by atoms with Gasteiger partial charge in [-0.05, 0) is 53.4 Å². The first-order chi connectivity index (χ1) is 16.1. The summed E-state index contributed by atoms with van der Waals surface area (Å²) in [7, 11) is 2.02. The summed E-state index contributed by atoms with van der Waals surface area (Å²) in [6.45, 7) is 4.65. The SMILES string of the molecule is CCOC(=O)c1ncc2c(c1CC)c1cc(OCc3cccc4ccccc34)ccc1n2C. The van der Waals surface area contributed by atoms with E-state index in [9.17, 15) is 4.79 Å². The van der Waals surface area contributed by atoms with Crippen LogP contribution in [-0.2, 0) is 24.8 Å². The van der Waals surface area contributed by atoms with Gasteiger partial charge in [0.05, 0.1) is 18.3 Å². The number of esters is 1. The number of aryl methyl sites for hydroxylation is 2. The summed E-state index contributed by atoms with van der Waals surface area (Å²) in [6.07, 6.45) is 2.44. The van der Waals surface area contributed by atoms with E-state index in [1.54, 1.807) is 13.1 Å². The molecule has 33 heavy (non-hydrogen) atoms. The molecule has 166 valence electrons. The Morgan fingerprint density at radius 3 is 2.61 bits per heavy atom. The fraction of sp³-hybridized carbons (Fsp3) is 0.214. The minimum atomic E-state index is -0.378. The molecule has 0 spiro atoms. The maximum atomic E-state index is 12.5. The minimum absolute atomic E-state index is 0.323. The van der Waals surface area contributed by atoms with Crippen LogP contribution in [0.15, 0.2) is 66.9 Å². The molecule has 0 aliphatic heterocycles. The number of nitrogens with zero attached hydrogens (tertiary/aromatic N) is 2. The van der Waals surface area contributed by atoms with Crippen LogP contribution in [0.1, 0.15) is 35.5 Å². The van der Waals surface area contributed by atoms with Gasteiger partial charge in [0.2, 0.25) is 0 Å². The van der Waals surface area contributed by atoms with E-state index in [0.29, 0.717) is 25.3 Å². The second-order valence-corrected chi connectivity index (χ2v) is 8.08. The molecular weight excluding hydrogens is 412 g/mol. The molecule has 3 aromatic carbocycles. The van der Waals surface area contributed by atoms with Crippen LogP contribution in [0.5, 0.6) is 5.75 Å². The molecule has 0 aliphatic carbocycles. The molecule has 2 aromatic heterocycles. The Hall–Kier alpha value is -3.86. The van der Waals surface area contributed by atoms with Crippen molar-refractivity contribution in [2.24, 2.45) is 7.05 Å². The molecule has 5 rings (SSSR count). The van der Waals surface area contributed by atoms with Crippen LogP contribution in [0.2, 0.25) is 0 Å². The fourth-order valence-corrected chi connectivity index (χ4v) is 4.62. The molecule has 0 saturated heterocycles. The third-order valence-corrected chi connectivity index (χ3v) is 6.22. The van der Waals surface area contributed by atoms with Gasteiger partial charge in [0.1, 0.15) is 12.4 Å². The summed E-state index contributed by atoms with van der Waals surface area (Å²) >= 11 is 0. The van der Waals surface area contributed by atoms with Gasteiger partial charge in [-0.15, -0.1) is 0 Å². The zero-order valence-corrected chi connectivity index (χ0v) is 19.1. The topological polar surface area (TPSA) is 53.4 Å². The van der Waals surface area contributed by atoms with E-state index < -0.39 is 0 Å². The van der Waals surface area contributed by atoms with Crippen molar-refractivity contribution in [3.8, 4) is 5.75 Å². The molecule has 5 aromatic rings. The molecule has 0 bridgehead atoms. The van der Waals surface area contributed by atoms with Gasteiger partial charge in [0.25, 0.3) is 0 Å². The Bertz CT molecular complexity index is 1490. The van der Waals surface area contributed by atoms with Gasteiger partial charge in [-0.1, -0.05) is 49.4 Å². The molecular formula is C28H26N2O3. The average molecular weight is 439 g/mol. The van der Waals surface area contributed by atoms with E-state index in [-0.39, 0.29) is 5.97 Å². The lowest BCUT2D eigenvalue weighted by molar-refractivity contribution is 0.0518. The zero-order chi connectivity index (χ0) is 22.9. The Balaban J connectivity index is 1.58. The number of carbonyl (C=O) groups excluding carboxylic acids is 1. The largest absolute Gasteiger partial charge is 0.489 e. The number of fused-ring (bicyclic) bond motifs is 4. The average Bonchev–Trinajstić information content (AvgIpc) is 3.13. The van der Waals surface area contributed by atoms with Gasteiger partial charge in [0, 0.05) is 23.3 Å². The highest BCUT2D eigenvalue weighted by Crippen LogP contribution is 2.35. The summed E-state index contributed by atoms with van der Waals surface area (Å²) < 4.78 is 13.6. The van der Waals surface area contributed by atoms with Crippen molar-refractivity contribution < 1.29 is 14.3 Å². The first-order valence-corrected chi connectivity index (χ1v) is 11.3. The van der Waals surface area contributed by atoms with Crippen LogP contribution in [0.3, 0.4) is 0 Å². The molecule has 0 atom stereocenters. The minimum Gasteiger partial charge on any atom is -0.489 e. The molecule has 5 nitrogen and oxygen atoms in total. The van der Waals surface area contributed by atoms with Gasteiger partial charge >= 0.3 is 5.97 Å². The highest BCUT2D eigenvalue weighted by molar-refractivity contribution is 6.12. The van der Waals surface area contributed by atoms with Crippen LogP contribution in [-0.4, -0.2) is 22.1 Å². The Morgan fingerprint density at radius 2 is 1.79 bits per heavy atom. The number of carbonyl (C=O) groups is 1. The molecule has 0 aliphatic rings. The monoisotopic (exact) mass is 438 g/mol. The second kappa shape index (κ2) is 8.58. The summed E-state index contributed by atoms with van der Waals surface area (Å²) in [4.78, 5) is 17.0. The molecule has 2 heterocycles. The number of hydrogen-bond acceptors (Lipinski definition) is 4. The van der Waals surface area contributed by atoms with E-state index in [2.05, 4.69) is 58.1 Å². The first kappa shape index (κ1) is 21.0. The van der Waals surface area contributed by atoms with Crippen molar-refractivity contribution in [2.75, 3.05) is 6.61 Å². The summed E-state index contributed by atoms with van der Waals surface area (Å²) in [5.74, 6) is 0.413. The number of benzene rings is 3. The van der Waals surface area contributed by atoms with Crippen molar-refractivity contribution in [1.29, 1.82) is 0 Å². The number of aromatic nitrogens is 2. The van der Waals surface area contributed by atoms with Crippen LogP contribution < -0.4 is 4.74 Å². The molecule has 0 radical (unpaired) electrons. The van der Waals surface area contributed by atoms with E-state index in [1.807, 2.05) is 26.1 Å². The maximum Gasteiger partial charge on any atom is 0.357 e. The van der Waals surface area contributed by atoms with Gasteiger partial charge in [0.15, 0.2) is 5.69 Å². The van der Waals surface area contributed by atoms with E-state index in [1.165, 1.54) is 10.8 Å². The maximum absolute atomic E-state index is 12.5. The molecule has 0 amide bonds. The molecule has 0 N–H and O–H groups in total. The van der Waals surface area contributed by atoms with Crippen molar-refractivity contribution in [1.82, 2.24) is 9.55 Å². The third kappa shape index (κ3) is 3.59. The molecule has 5 heteroatoms. The smallest absolute Gasteiger partial charge is 0.357 e. The Kier molecular flexibility index (Phi) is 5.47. The molecule has 0 saturated carbocycles. The fourth-order valence-electron chi connectivity index (χ4n) is 4.62. The van der Waals surface area contributed by atoms with Crippen LogP contribution in [0, 0.1) is 0 Å². The Morgan fingerprint density at radius 1 is 0.970 bits per heavy atom. The number of ether oxygens (including phenoxy) is 2. The molecule has 0 fully saturated rings. The quantitative estimate of drug-likeness (QED) is 0.296. The van der Waals surface area contributed by atoms with Crippen molar-refractivity contribution in [3.05, 3.63) is 83.7 Å². The van der Waals surface area contributed by atoms with Gasteiger partial charge in [-0.25, -0.2) is 9.78 Å². The normalized spacial score (nSPS) is 11.4. The predicted molar refractivity (Wildman–Crippen MR) is 132 cm³/mol. The lowest BCUT2D eigenvalue weighted by Gasteiger charge is -2.10. The summed E-state index contributed by atoms with van der Waals surface area (Å²) in [5, 5.41) is 4.48. The van der Waals surface area contributed by atoms with Gasteiger partial charge in [-0.3, -0.25) is 0 Å². The number of hydrogen-bond donors (Lipinski definition) is 0. The number of pyridine rings is 1. The van der Waals surface area contributed by atoms with Crippen LogP contribution in [0.4, 0.5) is 0 Å². The van der Waals surface area contributed by atoms with Crippen LogP contribution >= 0.6 is 0 Å². The van der Waals surface area contributed by atoms with Crippen molar-refractivity contribution >= 4 is 38.5 Å². The van der Waals surface area contributed by atoms with E-state index in [4.69, 9.17) is 9.47 Å². The highest BCUT2D eigenvalue weighted by Gasteiger charge is 2.20. The first-order valence-electron chi connectivity index (χ1n) is 11.3. The zero-order valence-electron chi connectivity index (χ0n) is 19.1. The predicted octanol–water partition coefficient (Wildman–Crippen LogP) is 6.20. The lowest BCUT2D eigenvalue weighted by Crippen LogP contribution is -2.10. The number of rotatable bonds is 6. The Labute approximate surface area is 192 Å². The highest BCUT2D eigenvalue weighted by atomic mass is 16.5. The molecule has 0 unspecified atom stereocenters. The van der Waals surface area contributed by atoms with Gasteiger partial charge < -0.3 is 14.0 Å². The van der Waals surface area contributed by atoms with Crippen LogP contribution in [0.25, 0.3) is 32.6 Å².